The van der Waals surface area contributed by atoms with Crippen LogP contribution in [-0.4, -0.2) is 53.5 Å². The topological polar surface area (TPSA) is 32.8 Å². The van der Waals surface area contributed by atoms with Crippen LogP contribution in [0.3, 0.4) is 0 Å². The predicted octanol–water partition coefficient (Wildman–Crippen LogP) is 3.60. The highest BCUT2D eigenvalue weighted by Gasteiger charge is 2.49. The van der Waals surface area contributed by atoms with Gasteiger partial charge in [0.2, 0.25) is 5.91 Å². The molecule has 26 heavy (non-hydrogen) atoms. The zero-order chi connectivity index (χ0) is 18.0. The summed E-state index contributed by atoms with van der Waals surface area (Å²) >= 11 is 0. The van der Waals surface area contributed by atoms with Gasteiger partial charge < -0.3 is 9.64 Å². The van der Waals surface area contributed by atoms with E-state index < -0.39 is 0 Å². The Morgan fingerprint density at radius 1 is 0.962 bits per heavy atom. The minimum absolute atomic E-state index is 0.0198. The Kier molecular flexibility index (Phi) is 5.16. The summed E-state index contributed by atoms with van der Waals surface area (Å²) in [6.45, 7) is 3.42. The summed E-state index contributed by atoms with van der Waals surface area (Å²) in [6, 6.07) is 6.11. The van der Waals surface area contributed by atoms with Crippen LogP contribution in [0.2, 0.25) is 0 Å². The van der Waals surface area contributed by atoms with Gasteiger partial charge in [-0.25, -0.2) is 4.39 Å². The number of hydrogen-bond acceptors (Lipinski definition) is 3. The molecule has 0 N–H and O–H groups in total. The number of carbonyl (C=O) groups is 1. The molecule has 0 aromatic heterocycles. The third-order valence-electron chi connectivity index (χ3n) is 6.29. The summed E-state index contributed by atoms with van der Waals surface area (Å²) in [4.78, 5) is 17.9. The molecule has 1 amide bonds. The second-order valence-corrected chi connectivity index (χ2v) is 8.04. The number of ether oxygens (including phenoxy) is 1. The van der Waals surface area contributed by atoms with Gasteiger partial charge in [-0.05, 0) is 63.0 Å². The van der Waals surface area contributed by atoms with E-state index in [2.05, 4.69) is 4.90 Å². The van der Waals surface area contributed by atoms with E-state index in [1.54, 1.807) is 12.1 Å². The maximum Gasteiger partial charge on any atom is 0.243 e. The molecule has 0 unspecified atom stereocenters. The molecule has 0 atom stereocenters. The van der Waals surface area contributed by atoms with Gasteiger partial charge in [0, 0.05) is 0 Å². The summed E-state index contributed by atoms with van der Waals surface area (Å²) in [6.07, 6.45) is 9.31. The van der Waals surface area contributed by atoms with E-state index in [0.717, 1.165) is 38.8 Å². The van der Waals surface area contributed by atoms with Crippen molar-refractivity contribution >= 4 is 5.91 Å². The SMILES string of the molecule is O=C(N1CC(Oc2ccc(F)cc2)C1)C1(N2CCCCC2)CCCCC1. The van der Waals surface area contributed by atoms with Crippen molar-refractivity contribution in [2.45, 2.75) is 63.0 Å². The number of nitrogens with zero attached hydrogens (tertiary/aromatic N) is 2. The molecule has 0 bridgehead atoms. The fourth-order valence-electron chi connectivity index (χ4n) is 4.80. The Bertz CT molecular complexity index is 615. The van der Waals surface area contributed by atoms with E-state index in [9.17, 15) is 9.18 Å². The Morgan fingerprint density at radius 3 is 2.23 bits per heavy atom. The molecule has 4 nitrogen and oxygen atoms in total. The molecule has 4 rings (SSSR count). The van der Waals surface area contributed by atoms with E-state index >= 15 is 0 Å². The average Bonchev–Trinajstić information content (AvgIpc) is 2.66. The second-order valence-electron chi connectivity index (χ2n) is 8.04. The fraction of sp³-hybridized carbons (Fsp3) is 0.667. The molecular formula is C21H29FN2O2. The van der Waals surface area contributed by atoms with E-state index in [-0.39, 0.29) is 17.5 Å². The standard InChI is InChI=1S/C21H29FN2O2/c22-17-7-9-18(10-8-17)26-19-15-23(16-19)20(25)21(11-3-1-4-12-21)24-13-5-2-6-14-24/h7-10,19H,1-6,11-16H2. The molecule has 142 valence electrons. The average molecular weight is 360 g/mol. The zero-order valence-corrected chi connectivity index (χ0v) is 15.5. The third-order valence-corrected chi connectivity index (χ3v) is 6.29. The smallest absolute Gasteiger partial charge is 0.243 e. The highest BCUT2D eigenvalue weighted by atomic mass is 19.1. The molecule has 1 saturated carbocycles. The lowest BCUT2D eigenvalue weighted by atomic mass is 9.77. The first-order valence-corrected chi connectivity index (χ1v) is 10.1. The number of carbonyl (C=O) groups excluding carboxylic acids is 1. The third kappa shape index (κ3) is 3.46. The Morgan fingerprint density at radius 2 is 1.58 bits per heavy atom. The van der Waals surface area contributed by atoms with Crippen LogP contribution in [0.1, 0.15) is 51.4 Å². The molecule has 3 aliphatic rings. The monoisotopic (exact) mass is 360 g/mol. The van der Waals surface area contributed by atoms with Gasteiger partial charge in [-0.1, -0.05) is 25.7 Å². The number of piperidine rings is 1. The molecule has 1 aromatic carbocycles. The first-order valence-electron chi connectivity index (χ1n) is 10.1. The summed E-state index contributed by atoms with van der Waals surface area (Å²) in [5.41, 5.74) is -0.264. The summed E-state index contributed by atoms with van der Waals surface area (Å²) < 4.78 is 18.9. The molecule has 2 saturated heterocycles. The quantitative estimate of drug-likeness (QED) is 0.822. The number of likely N-dealkylation sites (tertiary alicyclic amines) is 2. The first-order chi connectivity index (χ1) is 12.7. The second kappa shape index (κ2) is 7.55. The minimum atomic E-state index is -0.264. The maximum absolute atomic E-state index is 13.4. The molecule has 2 aliphatic heterocycles. The lowest BCUT2D eigenvalue weighted by molar-refractivity contribution is -0.157. The highest BCUT2D eigenvalue weighted by molar-refractivity contribution is 5.87. The van der Waals surface area contributed by atoms with Crippen molar-refractivity contribution < 1.29 is 13.9 Å². The van der Waals surface area contributed by atoms with Crippen molar-refractivity contribution in [3.05, 3.63) is 30.1 Å². The van der Waals surface area contributed by atoms with Crippen molar-refractivity contribution in [1.29, 1.82) is 0 Å². The molecule has 1 aliphatic carbocycles. The van der Waals surface area contributed by atoms with Gasteiger partial charge in [-0.3, -0.25) is 9.69 Å². The zero-order valence-electron chi connectivity index (χ0n) is 15.5. The van der Waals surface area contributed by atoms with Crippen LogP contribution in [0.5, 0.6) is 5.75 Å². The Balaban J connectivity index is 1.38. The number of hydrogen-bond donors (Lipinski definition) is 0. The minimum Gasteiger partial charge on any atom is -0.487 e. The van der Waals surface area contributed by atoms with Crippen molar-refractivity contribution in [3.63, 3.8) is 0 Å². The van der Waals surface area contributed by atoms with Crippen molar-refractivity contribution in [2.24, 2.45) is 0 Å². The summed E-state index contributed by atoms with van der Waals surface area (Å²) in [5, 5.41) is 0. The number of amides is 1. The van der Waals surface area contributed by atoms with Crippen LogP contribution in [0.15, 0.2) is 24.3 Å². The van der Waals surface area contributed by atoms with E-state index in [4.69, 9.17) is 4.74 Å². The van der Waals surface area contributed by atoms with Gasteiger partial charge in [0.1, 0.15) is 23.2 Å². The van der Waals surface area contributed by atoms with Crippen molar-refractivity contribution in [2.75, 3.05) is 26.2 Å². The maximum atomic E-state index is 13.4. The molecule has 3 fully saturated rings. The highest BCUT2D eigenvalue weighted by Crippen LogP contribution is 2.38. The van der Waals surface area contributed by atoms with Gasteiger partial charge >= 0.3 is 0 Å². The summed E-state index contributed by atoms with van der Waals surface area (Å²) in [5.74, 6) is 0.730. The van der Waals surface area contributed by atoms with Crippen LogP contribution in [0.25, 0.3) is 0 Å². The van der Waals surface area contributed by atoms with Crippen molar-refractivity contribution in [3.8, 4) is 5.75 Å². The van der Waals surface area contributed by atoms with Crippen LogP contribution in [-0.2, 0) is 4.79 Å². The van der Waals surface area contributed by atoms with Crippen molar-refractivity contribution in [1.82, 2.24) is 9.80 Å². The van der Waals surface area contributed by atoms with Crippen LogP contribution in [0, 0.1) is 5.82 Å². The van der Waals surface area contributed by atoms with E-state index in [0.29, 0.717) is 24.7 Å². The predicted molar refractivity (Wildman–Crippen MR) is 98.6 cm³/mol. The molecule has 1 aromatic rings. The number of benzene rings is 1. The molecular weight excluding hydrogens is 331 g/mol. The van der Waals surface area contributed by atoms with Gasteiger partial charge in [-0.15, -0.1) is 0 Å². The Labute approximate surface area is 155 Å². The molecule has 5 heteroatoms. The number of halogens is 1. The molecule has 2 heterocycles. The van der Waals surface area contributed by atoms with Crippen LogP contribution in [0.4, 0.5) is 4.39 Å². The molecule has 0 spiro atoms. The first kappa shape index (κ1) is 17.8. The normalized spacial score (nSPS) is 24.1. The summed E-state index contributed by atoms with van der Waals surface area (Å²) in [7, 11) is 0. The van der Waals surface area contributed by atoms with E-state index in [1.165, 1.54) is 37.8 Å². The Hall–Kier alpha value is -1.62. The fourth-order valence-corrected chi connectivity index (χ4v) is 4.80. The van der Waals surface area contributed by atoms with E-state index in [1.807, 2.05) is 4.90 Å². The lowest BCUT2D eigenvalue weighted by Gasteiger charge is -2.51. The van der Waals surface area contributed by atoms with Gasteiger partial charge in [0.15, 0.2) is 0 Å². The number of rotatable bonds is 4. The van der Waals surface area contributed by atoms with Gasteiger partial charge in [0.25, 0.3) is 0 Å². The van der Waals surface area contributed by atoms with Crippen LogP contribution < -0.4 is 4.74 Å². The lowest BCUT2D eigenvalue weighted by Crippen LogP contribution is -2.67. The van der Waals surface area contributed by atoms with Gasteiger partial charge in [-0.2, -0.15) is 0 Å². The largest absolute Gasteiger partial charge is 0.487 e. The molecule has 0 radical (unpaired) electrons. The van der Waals surface area contributed by atoms with Crippen LogP contribution >= 0.6 is 0 Å². The van der Waals surface area contributed by atoms with Gasteiger partial charge in [0.05, 0.1) is 13.1 Å².